The van der Waals surface area contributed by atoms with E-state index in [0.29, 0.717) is 31.9 Å². The number of nitrogens with one attached hydrogen (secondary N) is 1. The minimum absolute atomic E-state index is 0.223. The van der Waals surface area contributed by atoms with Crippen LogP contribution >= 0.6 is 0 Å². The van der Waals surface area contributed by atoms with Crippen LogP contribution in [0.5, 0.6) is 0 Å². The fourth-order valence-corrected chi connectivity index (χ4v) is 2.58. The van der Waals surface area contributed by atoms with Gasteiger partial charge in [0.05, 0.1) is 18.9 Å². The van der Waals surface area contributed by atoms with Crippen LogP contribution in [0.4, 0.5) is 0 Å². The van der Waals surface area contributed by atoms with E-state index in [1.807, 2.05) is 0 Å². The molecule has 1 aromatic heterocycles. The van der Waals surface area contributed by atoms with Crippen molar-refractivity contribution in [1.82, 2.24) is 14.9 Å². The van der Waals surface area contributed by atoms with Gasteiger partial charge in [0.25, 0.3) is 0 Å². The van der Waals surface area contributed by atoms with Crippen molar-refractivity contribution in [3.63, 3.8) is 0 Å². The number of hydrogen-bond acceptors (Lipinski definition) is 6. The topological polar surface area (TPSA) is 113 Å². The molecule has 8 nitrogen and oxygen atoms in total. The molecule has 1 aliphatic heterocycles. The van der Waals surface area contributed by atoms with Crippen molar-refractivity contribution < 1.29 is 23.1 Å². The summed E-state index contributed by atoms with van der Waals surface area (Å²) < 4.78 is 28.1. The number of carbonyl (C=O) groups is 1. The number of aromatic carboxylic acids is 1. The van der Waals surface area contributed by atoms with E-state index in [1.165, 1.54) is 0 Å². The Labute approximate surface area is 116 Å². The Morgan fingerprint density at radius 2 is 2.10 bits per heavy atom. The van der Waals surface area contributed by atoms with Crippen LogP contribution in [0.25, 0.3) is 0 Å². The smallest absolute Gasteiger partial charge is 0.356 e. The van der Waals surface area contributed by atoms with Crippen LogP contribution < -0.4 is 0 Å². The number of ether oxygens (including phenoxy) is 1. The first kappa shape index (κ1) is 14.9. The van der Waals surface area contributed by atoms with Gasteiger partial charge < -0.3 is 14.8 Å². The van der Waals surface area contributed by atoms with Gasteiger partial charge in [-0.2, -0.15) is 0 Å². The summed E-state index contributed by atoms with van der Waals surface area (Å²) in [5, 5.41) is 8.77. The van der Waals surface area contributed by atoms with Crippen molar-refractivity contribution in [3.05, 3.63) is 11.4 Å². The van der Waals surface area contributed by atoms with Crippen molar-refractivity contribution in [2.75, 3.05) is 39.1 Å². The standard InChI is InChI=1S/C11H17N3O5S/c1-20(17,18)11-12-8(9(13-11)10(15)16)2-3-14-4-6-19-7-5-14/h2-7H2,1H3,(H,12,13)(H,15,16). The molecule has 112 valence electrons. The lowest BCUT2D eigenvalue weighted by Gasteiger charge is -2.26. The molecule has 1 aromatic rings. The molecule has 1 fully saturated rings. The van der Waals surface area contributed by atoms with Gasteiger partial charge in [-0.15, -0.1) is 0 Å². The second-order valence-electron chi connectivity index (χ2n) is 4.65. The van der Waals surface area contributed by atoms with E-state index in [0.717, 1.165) is 19.3 Å². The number of rotatable bonds is 5. The number of carboxylic acid groups (broad SMARTS) is 1. The van der Waals surface area contributed by atoms with Gasteiger partial charge in [-0.3, -0.25) is 4.90 Å². The number of aromatic nitrogens is 2. The molecule has 0 saturated carbocycles. The first-order chi connectivity index (χ1) is 9.38. The molecule has 0 radical (unpaired) electrons. The number of aromatic amines is 1. The third-order valence-corrected chi connectivity index (χ3v) is 3.99. The molecule has 0 spiro atoms. The minimum Gasteiger partial charge on any atom is -0.476 e. The number of carboxylic acids is 1. The highest BCUT2D eigenvalue weighted by Gasteiger charge is 2.22. The van der Waals surface area contributed by atoms with Gasteiger partial charge in [-0.25, -0.2) is 18.2 Å². The number of sulfone groups is 1. The maximum Gasteiger partial charge on any atom is 0.356 e. The number of imidazole rings is 1. The molecule has 2 heterocycles. The molecule has 9 heteroatoms. The lowest BCUT2D eigenvalue weighted by atomic mass is 10.2. The van der Waals surface area contributed by atoms with E-state index in [-0.39, 0.29) is 10.9 Å². The van der Waals surface area contributed by atoms with E-state index >= 15 is 0 Å². The molecule has 0 aliphatic carbocycles. The summed E-state index contributed by atoms with van der Waals surface area (Å²) in [6, 6.07) is 0. The predicted octanol–water partition coefficient (Wildman–Crippen LogP) is -0.614. The minimum atomic E-state index is -3.54. The molecule has 0 bridgehead atoms. The van der Waals surface area contributed by atoms with Gasteiger partial charge >= 0.3 is 5.97 Å². The second kappa shape index (κ2) is 5.90. The van der Waals surface area contributed by atoms with Gasteiger partial charge in [0.2, 0.25) is 15.0 Å². The predicted molar refractivity (Wildman–Crippen MR) is 69.6 cm³/mol. The molecule has 1 saturated heterocycles. The quantitative estimate of drug-likeness (QED) is 0.745. The van der Waals surface area contributed by atoms with Crippen LogP contribution in [0.1, 0.15) is 16.2 Å². The molecule has 20 heavy (non-hydrogen) atoms. The lowest BCUT2D eigenvalue weighted by Crippen LogP contribution is -2.37. The number of morpholine rings is 1. The zero-order valence-corrected chi connectivity index (χ0v) is 11.9. The highest BCUT2D eigenvalue weighted by molar-refractivity contribution is 7.90. The number of hydrogen-bond donors (Lipinski definition) is 2. The van der Waals surface area contributed by atoms with E-state index in [4.69, 9.17) is 9.84 Å². The van der Waals surface area contributed by atoms with Gasteiger partial charge in [-0.1, -0.05) is 0 Å². The van der Waals surface area contributed by atoms with Crippen molar-refractivity contribution in [3.8, 4) is 0 Å². The summed E-state index contributed by atoms with van der Waals surface area (Å²) >= 11 is 0. The maximum atomic E-state index is 11.4. The summed E-state index contributed by atoms with van der Waals surface area (Å²) in [6.45, 7) is 3.52. The Hall–Kier alpha value is -1.45. The summed E-state index contributed by atoms with van der Waals surface area (Å²) in [4.78, 5) is 19.5. The van der Waals surface area contributed by atoms with E-state index in [9.17, 15) is 13.2 Å². The second-order valence-corrected chi connectivity index (χ2v) is 6.58. The highest BCUT2D eigenvalue weighted by Crippen LogP contribution is 2.12. The van der Waals surface area contributed by atoms with E-state index in [2.05, 4.69) is 14.9 Å². The Morgan fingerprint density at radius 1 is 1.45 bits per heavy atom. The van der Waals surface area contributed by atoms with Gasteiger partial charge in [-0.05, 0) is 0 Å². The molecule has 0 unspecified atom stereocenters. The summed E-state index contributed by atoms with van der Waals surface area (Å²) in [5.74, 6) is -1.23. The number of nitrogens with zero attached hydrogens (tertiary/aromatic N) is 2. The van der Waals surface area contributed by atoms with E-state index in [1.54, 1.807) is 0 Å². The molecule has 2 N–H and O–H groups in total. The molecular formula is C11H17N3O5S. The highest BCUT2D eigenvalue weighted by atomic mass is 32.2. The maximum absolute atomic E-state index is 11.4. The third kappa shape index (κ3) is 3.56. The average Bonchev–Trinajstić information content (AvgIpc) is 2.82. The fourth-order valence-electron chi connectivity index (χ4n) is 2.01. The van der Waals surface area contributed by atoms with Gasteiger partial charge in [0.15, 0.2) is 5.69 Å². The summed E-state index contributed by atoms with van der Waals surface area (Å²) in [7, 11) is -3.54. The van der Waals surface area contributed by atoms with E-state index < -0.39 is 15.8 Å². The first-order valence-electron chi connectivity index (χ1n) is 6.20. The molecular weight excluding hydrogens is 286 g/mol. The molecule has 0 aromatic carbocycles. The SMILES string of the molecule is CS(=O)(=O)c1nc(C(=O)O)c(CCN2CCOCC2)[nH]1. The molecule has 2 rings (SSSR count). The summed E-state index contributed by atoms with van der Waals surface area (Å²) in [6.07, 6.45) is 1.40. The Balaban J connectivity index is 2.13. The zero-order chi connectivity index (χ0) is 14.8. The molecule has 1 aliphatic rings. The van der Waals surface area contributed by atoms with Crippen LogP contribution in [-0.4, -0.2) is 73.5 Å². The molecule has 0 amide bonds. The van der Waals surface area contributed by atoms with Gasteiger partial charge in [0.1, 0.15) is 0 Å². The Kier molecular flexibility index (Phi) is 4.41. The lowest BCUT2D eigenvalue weighted by molar-refractivity contribution is 0.0382. The van der Waals surface area contributed by atoms with Crippen LogP contribution in [0.2, 0.25) is 0 Å². The molecule has 0 atom stereocenters. The van der Waals surface area contributed by atoms with Crippen LogP contribution in [0.15, 0.2) is 5.16 Å². The van der Waals surface area contributed by atoms with Gasteiger partial charge in [0, 0.05) is 32.3 Å². The van der Waals surface area contributed by atoms with Crippen LogP contribution in [-0.2, 0) is 21.0 Å². The summed E-state index contributed by atoms with van der Waals surface area (Å²) in [5.41, 5.74) is 0.114. The third-order valence-electron chi connectivity index (χ3n) is 3.09. The monoisotopic (exact) mass is 303 g/mol. The zero-order valence-electron chi connectivity index (χ0n) is 11.1. The van der Waals surface area contributed by atoms with Crippen molar-refractivity contribution in [2.45, 2.75) is 11.6 Å². The normalized spacial score (nSPS) is 17.2. The van der Waals surface area contributed by atoms with Crippen LogP contribution in [0.3, 0.4) is 0 Å². The Morgan fingerprint density at radius 3 is 2.65 bits per heavy atom. The average molecular weight is 303 g/mol. The van der Waals surface area contributed by atoms with Crippen molar-refractivity contribution in [2.24, 2.45) is 0 Å². The number of H-pyrrole nitrogens is 1. The van der Waals surface area contributed by atoms with Crippen molar-refractivity contribution in [1.29, 1.82) is 0 Å². The van der Waals surface area contributed by atoms with Crippen molar-refractivity contribution >= 4 is 15.8 Å². The largest absolute Gasteiger partial charge is 0.476 e. The Bertz CT molecular complexity index is 589. The van der Waals surface area contributed by atoms with Crippen LogP contribution in [0, 0.1) is 0 Å². The fraction of sp³-hybridized carbons (Fsp3) is 0.636. The first-order valence-corrected chi connectivity index (χ1v) is 8.09.